The second-order valence-corrected chi connectivity index (χ2v) is 6.48. The number of nitrogens with zero attached hydrogens (tertiary/aromatic N) is 2. The van der Waals surface area contributed by atoms with E-state index in [0.29, 0.717) is 19.3 Å². The molecule has 0 saturated heterocycles. The molecule has 22 heavy (non-hydrogen) atoms. The summed E-state index contributed by atoms with van der Waals surface area (Å²) < 4.78 is 9.95. The van der Waals surface area contributed by atoms with Crippen molar-refractivity contribution in [1.29, 1.82) is 0 Å². The van der Waals surface area contributed by atoms with Crippen LogP contribution in [0.25, 0.3) is 0 Å². The first kappa shape index (κ1) is 16.9. The minimum atomic E-state index is -0.835. The molecule has 6 nitrogen and oxygen atoms in total. The number of hydrogen-bond donors (Lipinski definition) is 0. The van der Waals surface area contributed by atoms with E-state index in [1.54, 1.807) is 0 Å². The van der Waals surface area contributed by atoms with E-state index in [1.807, 2.05) is 0 Å². The summed E-state index contributed by atoms with van der Waals surface area (Å²) in [5.41, 5.74) is -1.30. The highest BCUT2D eigenvalue weighted by Crippen LogP contribution is 2.37. The van der Waals surface area contributed by atoms with Crippen LogP contribution in [0.4, 0.5) is 0 Å². The molecule has 0 atom stereocenters. The normalized spacial score (nSPS) is 23.9. The summed E-state index contributed by atoms with van der Waals surface area (Å²) >= 11 is 0. The molecule has 0 aromatic rings. The molecular weight excluding hydrogens is 284 g/mol. The Hall–Kier alpha value is -1.46. The van der Waals surface area contributed by atoms with Crippen LogP contribution in [-0.4, -0.2) is 37.2 Å². The molecule has 124 valence electrons. The van der Waals surface area contributed by atoms with Crippen molar-refractivity contribution in [2.24, 2.45) is 10.2 Å². The maximum atomic E-state index is 12.2. The second-order valence-electron chi connectivity index (χ2n) is 6.48. The Balaban J connectivity index is 2.18. The van der Waals surface area contributed by atoms with Gasteiger partial charge in [0, 0.05) is 0 Å². The number of carbonyl (C=O) groups is 2. The highest BCUT2D eigenvalue weighted by molar-refractivity contribution is 5.81. The standard InChI is InChI=1S/C16H26N2O4/c1-21-14(20)16(10-6-3-7-11-16)18-17-15(12-22-13-19)8-4-2-5-9-15/h13H,2-12H2,1H3. The topological polar surface area (TPSA) is 77.3 Å². The van der Waals surface area contributed by atoms with Gasteiger partial charge >= 0.3 is 5.97 Å². The number of esters is 1. The van der Waals surface area contributed by atoms with Crippen molar-refractivity contribution in [3.63, 3.8) is 0 Å². The van der Waals surface area contributed by atoms with Crippen LogP contribution in [0.15, 0.2) is 10.2 Å². The third kappa shape index (κ3) is 3.84. The maximum absolute atomic E-state index is 12.2. The Morgan fingerprint density at radius 2 is 1.59 bits per heavy atom. The predicted octanol–water partition coefficient (Wildman–Crippen LogP) is 3.19. The van der Waals surface area contributed by atoms with Crippen LogP contribution in [0.3, 0.4) is 0 Å². The molecule has 0 unspecified atom stereocenters. The Morgan fingerprint density at radius 1 is 1.00 bits per heavy atom. The minimum absolute atomic E-state index is 0.247. The first-order valence-electron chi connectivity index (χ1n) is 8.24. The fourth-order valence-electron chi connectivity index (χ4n) is 3.55. The van der Waals surface area contributed by atoms with E-state index in [4.69, 9.17) is 9.47 Å². The van der Waals surface area contributed by atoms with Crippen LogP contribution >= 0.6 is 0 Å². The van der Waals surface area contributed by atoms with E-state index < -0.39 is 11.1 Å². The first-order chi connectivity index (χ1) is 10.7. The zero-order valence-electron chi connectivity index (χ0n) is 13.4. The van der Waals surface area contributed by atoms with E-state index in [-0.39, 0.29) is 12.6 Å². The van der Waals surface area contributed by atoms with Gasteiger partial charge in [0.2, 0.25) is 0 Å². The molecule has 0 aromatic carbocycles. The highest BCUT2D eigenvalue weighted by Gasteiger charge is 2.43. The van der Waals surface area contributed by atoms with Crippen molar-refractivity contribution < 1.29 is 19.1 Å². The second kappa shape index (κ2) is 7.70. The van der Waals surface area contributed by atoms with Crippen molar-refractivity contribution in [3.05, 3.63) is 0 Å². The van der Waals surface area contributed by atoms with Gasteiger partial charge in [-0.15, -0.1) is 0 Å². The van der Waals surface area contributed by atoms with Gasteiger partial charge in [0.15, 0.2) is 5.54 Å². The van der Waals surface area contributed by atoms with Gasteiger partial charge in [-0.3, -0.25) is 4.79 Å². The molecule has 2 fully saturated rings. The van der Waals surface area contributed by atoms with Gasteiger partial charge in [-0.1, -0.05) is 38.5 Å². The molecule has 2 aliphatic rings. The smallest absolute Gasteiger partial charge is 0.335 e. The Bertz CT molecular complexity index is 410. The lowest BCUT2D eigenvalue weighted by atomic mass is 9.81. The number of carbonyl (C=O) groups excluding carboxylic acids is 2. The molecule has 2 rings (SSSR count). The van der Waals surface area contributed by atoms with Gasteiger partial charge < -0.3 is 9.47 Å². The molecule has 0 aliphatic heterocycles. The SMILES string of the molecule is COC(=O)C1(N=NC2(COC=O)CCCCC2)CCCCC1. The molecule has 0 heterocycles. The Morgan fingerprint density at radius 3 is 2.14 bits per heavy atom. The average molecular weight is 310 g/mol. The van der Waals surface area contributed by atoms with Crippen molar-refractivity contribution in [1.82, 2.24) is 0 Å². The first-order valence-corrected chi connectivity index (χ1v) is 8.24. The lowest BCUT2D eigenvalue weighted by Crippen LogP contribution is -2.41. The van der Waals surface area contributed by atoms with E-state index in [9.17, 15) is 9.59 Å². The van der Waals surface area contributed by atoms with Gasteiger partial charge in [-0.05, 0) is 25.7 Å². The molecule has 2 aliphatic carbocycles. The lowest BCUT2D eigenvalue weighted by molar-refractivity contribution is -0.148. The van der Waals surface area contributed by atoms with Gasteiger partial charge in [0.05, 0.1) is 7.11 Å². The van der Waals surface area contributed by atoms with Crippen LogP contribution in [-0.2, 0) is 19.1 Å². The predicted molar refractivity (Wildman–Crippen MR) is 80.5 cm³/mol. The van der Waals surface area contributed by atoms with Crippen LogP contribution in [0, 0.1) is 0 Å². The molecule has 0 bridgehead atoms. The van der Waals surface area contributed by atoms with E-state index >= 15 is 0 Å². The average Bonchev–Trinajstić information content (AvgIpc) is 2.59. The number of ether oxygens (including phenoxy) is 2. The van der Waals surface area contributed by atoms with Crippen molar-refractivity contribution >= 4 is 12.4 Å². The zero-order chi connectivity index (χ0) is 15.9. The number of methoxy groups -OCH3 is 1. The van der Waals surface area contributed by atoms with Gasteiger partial charge in [-0.2, -0.15) is 10.2 Å². The monoisotopic (exact) mass is 310 g/mol. The van der Waals surface area contributed by atoms with Crippen molar-refractivity contribution in [2.75, 3.05) is 13.7 Å². The molecule has 2 saturated carbocycles. The van der Waals surface area contributed by atoms with E-state index in [2.05, 4.69) is 10.2 Å². The molecule has 0 radical (unpaired) electrons. The Labute approximate surface area is 131 Å². The summed E-state index contributed by atoms with van der Waals surface area (Å²) in [6.45, 7) is 0.708. The number of hydrogen-bond acceptors (Lipinski definition) is 6. The van der Waals surface area contributed by atoms with Gasteiger partial charge in [-0.25, -0.2) is 4.79 Å². The summed E-state index contributed by atoms with van der Waals surface area (Å²) in [4.78, 5) is 22.8. The quantitative estimate of drug-likeness (QED) is 0.429. The van der Waals surface area contributed by atoms with E-state index in [1.165, 1.54) is 13.5 Å². The fraction of sp³-hybridized carbons (Fsp3) is 0.875. The minimum Gasteiger partial charge on any atom is -0.467 e. The maximum Gasteiger partial charge on any atom is 0.335 e. The van der Waals surface area contributed by atoms with Crippen molar-refractivity contribution in [3.8, 4) is 0 Å². The van der Waals surface area contributed by atoms with Crippen LogP contribution in [0.2, 0.25) is 0 Å². The van der Waals surface area contributed by atoms with Crippen LogP contribution in [0.5, 0.6) is 0 Å². The summed E-state index contributed by atoms with van der Waals surface area (Å²) in [5.74, 6) is -0.293. The molecule has 0 spiro atoms. The third-order valence-electron chi connectivity index (χ3n) is 4.90. The summed E-state index contributed by atoms with van der Waals surface area (Å²) in [6.07, 6.45) is 9.38. The van der Waals surface area contributed by atoms with E-state index in [0.717, 1.165) is 44.9 Å². The fourth-order valence-corrected chi connectivity index (χ4v) is 3.55. The van der Waals surface area contributed by atoms with Crippen molar-refractivity contribution in [2.45, 2.75) is 75.3 Å². The summed E-state index contributed by atoms with van der Waals surface area (Å²) in [5, 5.41) is 9.05. The molecule has 0 aromatic heterocycles. The summed E-state index contributed by atoms with van der Waals surface area (Å²) in [7, 11) is 1.40. The Kier molecular flexibility index (Phi) is 5.91. The molecule has 6 heteroatoms. The van der Waals surface area contributed by atoms with Gasteiger partial charge in [0.25, 0.3) is 6.47 Å². The summed E-state index contributed by atoms with van der Waals surface area (Å²) in [6, 6.07) is 0. The lowest BCUT2D eigenvalue weighted by Gasteiger charge is -2.34. The molecular formula is C16H26N2O4. The van der Waals surface area contributed by atoms with Crippen LogP contribution < -0.4 is 0 Å². The third-order valence-corrected chi connectivity index (χ3v) is 4.90. The largest absolute Gasteiger partial charge is 0.467 e. The molecule has 0 amide bonds. The number of rotatable bonds is 6. The van der Waals surface area contributed by atoms with Crippen LogP contribution in [0.1, 0.15) is 64.2 Å². The number of azo groups is 1. The van der Waals surface area contributed by atoms with Gasteiger partial charge in [0.1, 0.15) is 12.1 Å². The molecule has 0 N–H and O–H groups in total. The zero-order valence-corrected chi connectivity index (χ0v) is 13.4. The highest BCUT2D eigenvalue weighted by atomic mass is 16.5.